The number of ketones is 1. The van der Waals surface area contributed by atoms with E-state index in [1.807, 2.05) is 60.4 Å². The topological polar surface area (TPSA) is 73.1 Å². The van der Waals surface area contributed by atoms with Crippen molar-refractivity contribution in [2.75, 3.05) is 32.8 Å². The van der Waals surface area contributed by atoms with Crippen LogP contribution in [0, 0.1) is 6.92 Å². The Kier molecular flexibility index (Phi) is 6.74. The molecule has 1 saturated heterocycles. The van der Waals surface area contributed by atoms with Crippen LogP contribution in [0.3, 0.4) is 0 Å². The second-order valence-electron chi connectivity index (χ2n) is 8.89. The highest BCUT2D eigenvalue weighted by Gasteiger charge is 2.21. The molecular formula is C27H29N5O2. The molecule has 0 radical (unpaired) electrons. The molecule has 0 aliphatic carbocycles. The average Bonchev–Trinajstić information content (AvgIpc) is 3.28. The molecule has 0 saturated carbocycles. The highest BCUT2D eigenvalue weighted by Crippen LogP contribution is 2.24. The molecule has 7 nitrogen and oxygen atoms in total. The first-order valence-electron chi connectivity index (χ1n) is 11.8. The van der Waals surface area contributed by atoms with Gasteiger partial charge < -0.3 is 4.74 Å². The van der Waals surface area contributed by atoms with Gasteiger partial charge in [-0.1, -0.05) is 30.3 Å². The van der Waals surface area contributed by atoms with Crippen molar-refractivity contribution >= 4 is 16.7 Å². The highest BCUT2D eigenvalue weighted by molar-refractivity contribution is 5.84. The van der Waals surface area contributed by atoms with Gasteiger partial charge in [0.25, 0.3) is 0 Å². The lowest BCUT2D eigenvalue weighted by Gasteiger charge is -2.30. The molecule has 34 heavy (non-hydrogen) atoms. The van der Waals surface area contributed by atoms with Crippen LogP contribution in [0.2, 0.25) is 0 Å². The van der Waals surface area contributed by atoms with Crippen molar-refractivity contribution in [3.8, 4) is 5.69 Å². The number of ether oxygens (including phenoxy) is 1. The molecule has 0 amide bonds. The van der Waals surface area contributed by atoms with Gasteiger partial charge in [0.1, 0.15) is 5.78 Å². The van der Waals surface area contributed by atoms with Gasteiger partial charge in [0, 0.05) is 61.4 Å². The number of carbonyl (C=O) groups excluding carboxylic acids is 1. The fourth-order valence-corrected chi connectivity index (χ4v) is 4.59. The van der Waals surface area contributed by atoms with E-state index in [4.69, 9.17) is 4.74 Å². The third kappa shape index (κ3) is 5.21. The number of aryl methyl sites for hydroxylation is 1. The van der Waals surface area contributed by atoms with Crippen LogP contribution in [0.5, 0.6) is 0 Å². The minimum Gasteiger partial charge on any atom is -0.379 e. The molecular weight excluding hydrogens is 426 g/mol. The maximum absolute atomic E-state index is 13.1. The van der Waals surface area contributed by atoms with E-state index in [0.29, 0.717) is 12.8 Å². The van der Waals surface area contributed by atoms with Gasteiger partial charge in [0.05, 0.1) is 36.8 Å². The van der Waals surface area contributed by atoms with Gasteiger partial charge in [-0.25, -0.2) is 4.68 Å². The Bertz CT molecular complexity index is 1260. The normalized spacial score (nSPS) is 15.4. The van der Waals surface area contributed by atoms with E-state index in [9.17, 15) is 4.79 Å². The minimum absolute atomic E-state index is 0.160. The number of fused-ring (bicyclic) bond motifs is 1. The van der Waals surface area contributed by atoms with Crippen molar-refractivity contribution in [2.24, 2.45) is 0 Å². The zero-order valence-corrected chi connectivity index (χ0v) is 19.4. The summed E-state index contributed by atoms with van der Waals surface area (Å²) in [6.45, 7) is 6.16. The number of hydrogen-bond donors (Lipinski definition) is 0. The molecule has 7 heteroatoms. The number of benzene rings is 1. The maximum Gasteiger partial charge on any atom is 0.139 e. The molecule has 5 rings (SSSR count). The second-order valence-corrected chi connectivity index (χ2v) is 8.89. The summed E-state index contributed by atoms with van der Waals surface area (Å²) in [6.07, 6.45) is 6.23. The summed E-state index contributed by atoms with van der Waals surface area (Å²) in [6, 6.07) is 16.2. The van der Waals surface area contributed by atoms with Gasteiger partial charge in [-0.05, 0) is 30.7 Å². The molecule has 4 heterocycles. The van der Waals surface area contributed by atoms with Crippen LogP contribution in [0.1, 0.15) is 29.3 Å². The third-order valence-electron chi connectivity index (χ3n) is 6.34. The van der Waals surface area contributed by atoms with Crippen molar-refractivity contribution in [3.63, 3.8) is 0 Å². The predicted molar refractivity (Wildman–Crippen MR) is 131 cm³/mol. The van der Waals surface area contributed by atoms with Crippen LogP contribution >= 0.6 is 0 Å². The Morgan fingerprint density at radius 1 is 1.06 bits per heavy atom. The van der Waals surface area contributed by atoms with Crippen molar-refractivity contribution < 1.29 is 9.53 Å². The maximum atomic E-state index is 13.1. The van der Waals surface area contributed by atoms with E-state index < -0.39 is 0 Å². The fourth-order valence-electron chi connectivity index (χ4n) is 4.59. The van der Waals surface area contributed by atoms with Crippen LogP contribution in [0.25, 0.3) is 16.6 Å². The molecule has 1 aliphatic heterocycles. The van der Waals surface area contributed by atoms with Gasteiger partial charge >= 0.3 is 0 Å². The highest BCUT2D eigenvalue weighted by atomic mass is 16.5. The third-order valence-corrected chi connectivity index (χ3v) is 6.34. The summed E-state index contributed by atoms with van der Waals surface area (Å²) in [4.78, 5) is 24.4. The Labute approximate surface area is 199 Å². The fraction of sp³-hybridized carbons (Fsp3) is 0.333. The standard InChI is InChI=1S/C27H29N5O2/c1-20-13-25(7-8-28-20)32-27-18-29-24(14-22(27)17-30-32)16-26(33)15-23(21-5-3-2-4-6-21)19-31-9-11-34-12-10-31/h2-8,13-14,17-18,23H,9-12,15-16,19H2,1H3/t23-/m1/s1. The average molecular weight is 456 g/mol. The molecule has 0 bridgehead atoms. The predicted octanol–water partition coefficient (Wildman–Crippen LogP) is 3.74. The van der Waals surface area contributed by atoms with Crippen LogP contribution in [-0.4, -0.2) is 63.3 Å². The largest absolute Gasteiger partial charge is 0.379 e. The Hall–Kier alpha value is -3.42. The number of hydrogen-bond acceptors (Lipinski definition) is 6. The van der Waals surface area contributed by atoms with E-state index in [1.54, 1.807) is 6.20 Å². The summed E-state index contributed by atoms with van der Waals surface area (Å²) < 4.78 is 7.35. The molecule has 0 N–H and O–H groups in total. The molecule has 0 unspecified atom stereocenters. The van der Waals surface area contributed by atoms with Crippen LogP contribution < -0.4 is 0 Å². The molecule has 1 aliphatic rings. The number of pyridine rings is 2. The number of morpholine rings is 1. The lowest BCUT2D eigenvalue weighted by Crippen LogP contribution is -2.39. The van der Waals surface area contributed by atoms with Crippen LogP contribution in [-0.2, 0) is 16.0 Å². The van der Waals surface area contributed by atoms with Crippen molar-refractivity contribution in [1.29, 1.82) is 0 Å². The molecule has 1 atom stereocenters. The number of Topliss-reactive ketones (excluding diaryl/α,β-unsaturated/α-hetero) is 1. The number of nitrogens with zero attached hydrogens (tertiary/aromatic N) is 5. The van der Waals surface area contributed by atoms with Crippen molar-refractivity contribution in [2.45, 2.75) is 25.7 Å². The molecule has 174 valence electrons. The van der Waals surface area contributed by atoms with Crippen LogP contribution in [0.4, 0.5) is 0 Å². The SMILES string of the molecule is Cc1cc(-n2ncc3cc(CC(=O)C[C@H](CN4CCOCC4)c4ccccc4)ncc32)ccn1. The van der Waals surface area contributed by atoms with E-state index in [-0.39, 0.29) is 11.7 Å². The summed E-state index contributed by atoms with van der Waals surface area (Å²) in [5.41, 5.74) is 4.78. The van der Waals surface area contributed by atoms with Crippen LogP contribution in [0.15, 0.2) is 67.1 Å². The first-order chi connectivity index (χ1) is 16.7. The van der Waals surface area contributed by atoms with Crippen molar-refractivity contribution in [1.82, 2.24) is 24.6 Å². The minimum atomic E-state index is 0.160. The smallest absolute Gasteiger partial charge is 0.139 e. The summed E-state index contributed by atoms with van der Waals surface area (Å²) in [5, 5.41) is 5.50. The lowest BCUT2D eigenvalue weighted by molar-refractivity contribution is -0.119. The second kappa shape index (κ2) is 10.2. The van der Waals surface area contributed by atoms with Gasteiger partial charge in [-0.15, -0.1) is 0 Å². The van der Waals surface area contributed by atoms with Gasteiger partial charge in [-0.3, -0.25) is 19.7 Å². The lowest BCUT2D eigenvalue weighted by atomic mass is 9.91. The number of carbonyl (C=O) groups is 1. The summed E-state index contributed by atoms with van der Waals surface area (Å²) in [5.74, 6) is 0.360. The first-order valence-corrected chi connectivity index (χ1v) is 11.8. The first kappa shape index (κ1) is 22.4. The van der Waals surface area contributed by atoms with E-state index in [1.165, 1.54) is 5.56 Å². The van der Waals surface area contributed by atoms with Gasteiger partial charge in [0.2, 0.25) is 0 Å². The van der Waals surface area contributed by atoms with Gasteiger partial charge in [0.15, 0.2) is 0 Å². The molecule has 0 spiro atoms. The van der Waals surface area contributed by atoms with Crippen molar-refractivity contribution in [3.05, 3.63) is 84.1 Å². The summed E-state index contributed by atoms with van der Waals surface area (Å²) in [7, 11) is 0. The Balaban J connectivity index is 1.30. The van der Waals surface area contributed by atoms with E-state index >= 15 is 0 Å². The van der Waals surface area contributed by atoms with E-state index in [0.717, 1.165) is 60.8 Å². The Morgan fingerprint density at radius 2 is 1.88 bits per heavy atom. The quantitative estimate of drug-likeness (QED) is 0.403. The molecule has 1 fully saturated rings. The molecule has 1 aromatic carbocycles. The van der Waals surface area contributed by atoms with Gasteiger partial charge in [-0.2, -0.15) is 5.10 Å². The summed E-state index contributed by atoms with van der Waals surface area (Å²) >= 11 is 0. The number of aromatic nitrogens is 4. The molecule has 4 aromatic rings. The molecule has 3 aromatic heterocycles. The Morgan fingerprint density at radius 3 is 2.68 bits per heavy atom. The number of rotatable bonds is 8. The van der Waals surface area contributed by atoms with E-state index in [2.05, 4.69) is 32.1 Å². The zero-order chi connectivity index (χ0) is 23.3. The monoisotopic (exact) mass is 455 g/mol. The zero-order valence-electron chi connectivity index (χ0n) is 19.4.